The van der Waals surface area contributed by atoms with Gasteiger partial charge in [0.15, 0.2) is 11.5 Å². The number of carboxylic acid groups (broad SMARTS) is 1. The van der Waals surface area contributed by atoms with E-state index in [0.29, 0.717) is 11.3 Å². The molecule has 0 atom stereocenters. The van der Waals surface area contributed by atoms with Gasteiger partial charge >= 0.3 is 5.97 Å². The fourth-order valence-corrected chi connectivity index (χ4v) is 2.23. The van der Waals surface area contributed by atoms with Crippen molar-refractivity contribution in [1.29, 1.82) is 0 Å². The van der Waals surface area contributed by atoms with Gasteiger partial charge in [-0.3, -0.25) is 0 Å². The zero-order chi connectivity index (χ0) is 18.8. The van der Waals surface area contributed by atoms with Gasteiger partial charge in [-0.2, -0.15) is 0 Å². The summed E-state index contributed by atoms with van der Waals surface area (Å²) in [6.07, 6.45) is 2.44. The van der Waals surface area contributed by atoms with E-state index in [0.717, 1.165) is 6.08 Å². The Morgan fingerprint density at radius 1 is 0.885 bits per heavy atom. The lowest BCUT2D eigenvalue weighted by Crippen LogP contribution is -1.87. The summed E-state index contributed by atoms with van der Waals surface area (Å²) >= 11 is 0. The summed E-state index contributed by atoms with van der Waals surface area (Å²) in [4.78, 5) is 10.2. The maximum absolute atomic E-state index is 10.2. The van der Waals surface area contributed by atoms with Crippen LogP contribution in [0.2, 0.25) is 0 Å². The zero-order valence-electron chi connectivity index (χ0n) is 14.4. The Hall–Kier alpha value is -3.53. The van der Waals surface area contributed by atoms with E-state index in [4.69, 9.17) is 9.84 Å². The average molecular weight is 348 g/mol. The van der Waals surface area contributed by atoms with Crippen LogP contribution in [0.3, 0.4) is 0 Å². The molecule has 0 amide bonds. The third-order valence-electron chi connectivity index (χ3n) is 3.50. The Balaban J connectivity index is 0.000000189. The van der Waals surface area contributed by atoms with Crippen molar-refractivity contribution in [2.24, 2.45) is 0 Å². The Bertz CT molecular complexity index is 818. The number of aliphatic carboxylic acids is 1. The standard InChI is InChI=1S/C12H10.C10H10O4/c1-3-7-11(8-4-1)12-9-5-2-6-10-12;1-14-9-6-7(2-4-8(9)11)3-5-10(12)13/h1-10H;2-6,11H,1H3,(H,12,13). The minimum atomic E-state index is -1.02. The van der Waals surface area contributed by atoms with E-state index in [1.807, 2.05) is 12.1 Å². The van der Waals surface area contributed by atoms with Gasteiger partial charge in [-0.05, 0) is 34.9 Å². The van der Waals surface area contributed by atoms with Gasteiger partial charge in [0.25, 0.3) is 0 Å². The number of ether oxygens (including phenoxy) is 1. The number of carbonyl (C=O) groups is 1. The number of carboxylic acids is 1. The number of methoxy groups -OCH3 is 1. The smallest absolute Gasteiger partial charge is 0.328 e. The van der Waals surface area contributed by atoms with Crippen LogP contribution in [0.4, 0.5) is 0 Å². The fraction of sp³-hybridized carbons (Fsp3) is 0.0455. The molecule has 0 aliphatic rings. The maximum Gasteiger partial charge on any atom is 0.328 e. The third-order valence-corrected chi connectivity index (χ3v) is 3.50. The van der Waals surface area contributed by atoms with Crippen molar-refractivity contribution in [2.75, 3.05) is 7.11 Å². The number of rotatable bonds is 4. The molecule has 0 bridgehead atoms. The molecule has 0 heterocycles. The van der Waals surface area contributed by atoms with Gasteiger partial charge in [-0.1, -0.05) is 66.7 Å². The first-order valence-corrected chi connectivity index (χ1v) is 7.98. The predicted molar refractivity (Wildman–Crippen MR) is 103 cm³/mol. The second-order valence-corrected chi connectivity index (χ2v) is 5.33. The summed E-state index contributed by atoms with van der Waals surface area (Å²) in [7, 11) is 1.43. The summed E-state index contributed by atoms with van der Waals surface area (Å²) in [6, 6.07) is 25.4. The number of hydrogen-bond acceptors (Lipinski definition) is 3. The molecule has 3 aromatic rings. The van der Waals surface area contributed by atoms with Crippen LogP contribution in [0, 0.1) is 0 Å². The summed E-state index contributed by atoms with van der Waals surface area (Å²) in [5, 5.41) is 17.6. The summed E-state index contributed by atoms with van der Waals surface area (Å²) in [5.41, 5.74) is 3.21. The average Bonchev–Trinajstić information content (AvgIpc) is 2.69. The van der Waals surface area contributed by atoms with Gasteiger partial charge in [-0.25, -0.2) is 4.79 Å². The molecule has 4 heteroatoms. The highest BCUT2D eigenvalue weighted by atomic mass is 16.5. The first-order chi connectivity index (χ1) is 12.6. The van der Waals surface area contributed by atoms with Gasteiger partial charge in [0.05, 0.1) is 7.11 Å². The molecular weight excluding hydrogens is 328 g/mol. The monoisotopic (exact) mass is 348 g/mol. The number of phenols is 1. The van der Waals surface area contributed by atoms with Crippen molar-refractivity contribution in [3.63, 3.8) is 0 Å². The maximum atomic E-state index is 10.2. The molecule has 26 heavy (non-hydrogen) atoms. The molecule has 0 fully saturated rings. The van der Waals surface area contributed by atoms with Crippen molar-refractivity contribution >= 4 is 12.0 Å². The summed E-state index contributed by atoms with van der Waals surface area (Å²) < 4.78 is 4.86. The van der Waals surface area contributed by atoms with E-state index in [-0.39, 0.29) is 5.75 Å². The quantitative estimate of drug-likeness (QED) is 0.661. The molecule has 0 saturated carbocycles. The molecule has 3 rings (SSSR count). The second-order valence-electron chi connectivity index (χ2n) is 5.33. The van der Waals surface area contributed by atoms with Gasteiger partial charge in [-0.15, -0.1) is 0 Å². The van der Waals surface area contributed by atoms with Crippen LogP contribution in [-0.2, 0) is 4.79 Å². The van der Waals surface area contributed by atoms with Crippen LogP contribution in [0.1, 0.15) is 5.56 Å². The van der Waals surface area contributed by atoms with Crippen molar-refractivity contribution in [3.8, 4) is 22.6 Å². The van der Waals surface area contributed by atoms with Crippen LogP contribution < -0.4 is 4.74 Å². The van der Waals surface area contributed by atoms with E-state index in [1.165, 1.54) is 30.4 Å². The van der Waals surface area contributed by atoms with Crippen LogP contribution in [0.15, 0.2) is 84.9 Å². The summed E-state index contributed by atoms with van der Waals surface area (Å²) in [5.74, 6) is -0.672. The third kappa shape index (κ3) is 5.83. The normalized spacial score (nSPS) is 10.0. The number of phenolic OH excluding ortho intramolecular Hbond substituents is 1. The lowest BCUT2D eigenvalue weighted by Gasteiger charge is -2.03. The molecule has 4 nitrogen and oxygen atoms in total. The highest BCUT2D eigenvalue weighted by Crippen LogP contribution is 2.26. The van der Waals surface area contributed by atoms with E-state index in [9.17, 15) is 9.90 Å². The second kappa shape index (κ2) is 9.69. The molecule has 132 valence electrons. The molecule has 0 aliphatic heterocycles. The molecule has 2 N–H and O–H groups in total. The summed E-state index contributed by atoms with van der Waals surface area (Å²) in [6.45, 7) is 0. The van der Waals surface area contributed by atoms with E-state index in [2.05, 4.69) is 48.5 Å². The minimum Gasteiger partial charge on any atom is -0.504 e. The van der Waals surface area contributed by atoms with Crippen molar-refractivity contribution < 1.29 is 19.7 Å². The van der Waals surface area contributed by atoms with Crippen molar-refractivity contribution in [1.82, 2.24) is 0 Å². The molecule has 3 aromatic carbocycles. The highest BCUT2D eigenvalue weighted by Gasteiger charge is 2.00. The fourth-order valence-electron chi connectivity index (χ4n) is 2.23. The lowest BCUT2D eigenvalue weighted by molar-refractivity contribution is -0.131. The van der Waals surface area contributed by atoms with Gasteiger partial charge < -0.3 is 14.9 Å². The molecular formula is C22H20O4. The first-order valence-electron chi connectivity index (χ1n) is 7.98. The highest BCUT2D eigenvalue weighted by molar-refractivity contribution is 5.85. The largest absolute Gasteiger partial charge is 0.504 e. The van der Waals surface area contributed by atoms with Crippen molar-refractivity contribution in [2.45, 2.75) is 0 Å². The van der Waals surface area contributed by atoms with Crippen LogP contribution in [0.25, 0.3) is 17.2 Å². The van der Waals surface area contributed by atoms with E-state index < -0.39 is 5.97 Å². The Morgan fingerprint density at radius 2 is 1.42 bits per heavy atom. The number of hydrogen-bond donors (Lipinski definition) is 2. The van der Waals surface area contributed by atoms with Gasteiger partial charge in [0, 0.05) is 6.08 Å². The number of benzene rings is 3. The molecule has 0 aromatic heterocycles. The Kier molecular flexibility index (Phi) is 7.01. The Morgan fingerprint density at radius 3 is 1.88 bits per heavy atom. The number of aromatic hydroxyl groups is 1. The van der Waals surface area contributed by atoms with E-state index >= 15 is 0 Å². The SMILES string of the molecule is COc1cc(C=CC(=O)O)ccc1O.c1ccc(-c2ccccc2)cc1. The zero-order valence-corrected chi connectivity index (χ0v) is 14.4. The molecule has 0 spiro atoms. The lowest BCUT2D eigenvalue weighted by atomic mass is 10.1. The van der Waals surface area contributed by atoms with Crippen LogP contribution in [-0.4, -0.2) is 23.3 Å². The molecule has 0 radical (unpaired) electrons. The topological polar surface area (TPSA) is 66.8 Å². The minimum absolute atomic E-state index is 0.0278. The van der Waals surface area contributed by atoms with Gasteiger partial charge in [0.1, 0.15) is 0 Å². The Labute approximate surface area is 152 Å². The molecule has 0 unspecified atom stereocenters. The van der Waals surface area contributed by atoms with Crippen LogP contribution >= 0.6 is 0 Å². The molecule has 0 aliphatic carbocycles. The van der Waals surface area contributed by atoms with Crippen LogP contribution in [0.5, 0.6) is 11.5 Å². The first kappa shape index (κ1) is 18.8. The van der Waals surface area contributed by atoms with Crippen molar-refractivity contribution in [3.05, 3.63) is 90.5 Å². The molecule has 0 saturated heterocycles. The van der Waals surface area contributed by atoms with E-state index in [1.54, 1.807) is 12.1 Å². The predicted octanol–water partition coefficient (Wildman–Crippen LogP) is 4.85. The van der Waals surface area contributed by atoms with Gasteiger partial charge in [0.2, 0.25) is 0 Å².